The molecule has 1 heterocycles. The second kappa shape index (κ2) is 10.2. The molecule has 1 unspecified atom stereocenters. The summed E-state index contributed by atoms with van der Waals surface area (Å²) in [6.45, 7) is 11.1. The number of aliphatic imine (C=N–C) groups is 1. The summed E-state index contributed by atoms with van der Waals surface area (Å²) in [5.74, 6) is 0.836. The second-order valence-corrected chi connectivity index (χ2v) is 6.61. The van der Waals surface area contributed by atoms with Gasteiger partial charge < -0.3 is 15.4 Å². The number of rotatable bonds is 5. The molecule has 6 heteroatoms. The van der Waals surface area contributed by atoms with E-state index >= 15 is 0 Å². The highest BCUT2D eigenvalue weighted by Crippen LogP contribution is 2.15. The Bertz CT molecular complexity index is 501. The van der Waals surface area contributed by atoms with E-state index in [0.29, 0.717) is 0 Å². The fraction of sp³-hybridized carbons (Fsp3) is 0.611. The minimum atomic E-state index is 0. The van der Waals surface area contributed by atoms with Gasteiger partial charge in [0.1, 0.15) is 0 Å². The summed E-state index contributed by atoms with van der Waals surface area (Å²) in [5, 5.41) is 6.92. The molecule has 24 heavy (non-hydrogen) atoms. The maximum Gasteiger partial charge on any atom is 0.191 e. The average molecular weight is 446 g/mol. The number of guanidine groups is 1. The van der Waals surface area contributed by atoms with Crippen LogP contribution >= 0.6 is 24.0 Å². The smallest absolute Gasteiger partial charge is 0.191 e. The van der Waals surface area contributed by atoms with Gasteiger partial charge in [-0.1, -0.05) is 30.3 Å². The lowest BCUT2D eigenvalue weighted by molar-refractivity contribution is -0.00834. The fourth-order valence-corrected chi connectivity index (χ4v) is 2.81. The molecule has 1 atom stereocenters. The zero-order valence-electron chi connectivity index (χ0n) is 15.2. The highest BCUT2D eigenvalue weighted by Gasteiger charge is 2.28. The lowest BCUT2D eigenvalue weighted by Crippen LogP contribution is -2.56. The van der Waals surface area contributed by atoms with Crippen molar-refractivity contribution in [2.75, 3.05) is 39.9 Å². The number of ether oxygens (including phenoxy) is 1. The zero-order valence-corrected chi connectivity index (χ0v) is 17.5. The van der Waals surface area contributed by atoms with E-state index in [4.69, 9.17) is 4.74 Å². The van der Waals surface area contributed by atoms with Gasteiger partial charge in [-0.3, -0.25) is 9.89 Å². The molecule has 2 rings (SSSR count). The average Bonchev–Trinajstić information content (AvgIpc) is 2.60. The van der Waals surface area contributed by atoms with Crippen LogP contribution in [0.2, 0.25) is 0 Å². The van der Waals surface area contributed by atoms with E-state index in [1.54, 1.807) is 0 Å². The Balaban J connectivity index is 0.00000288. The number of morpholine rings is 1. The molecular weight excluding hydrogens is 415 g/mol. The van der Waals surface area contributed by atoms with Gasteiger partial charge in [-0.25, -0.2) is 0 Å². The van der Waals surface area contributed by atoms with Crippen molar-refractivity contribution in [1.82, 2.24) is 15.5 Å². The summed E-state index contributed by atoms with van der Waals surface area (Å²) in [5.41, 5.74) is 1.32. The van der Waals surface area contributed by atoms with E-state index in [2.05, 4.69) is 65.6 Å². The van der Waals surface area contributed by atoms with Crippen molar-refractivity contribution in [3.05, 3.63) is 35.9 Å². The highest BCUT2D eigenvalue weighted by molar-refractivity contribution is 14.0. The van der Waals surface area contributed by atoms with Crippen LogP contribution in [0, 0.1) is 0 Å². The normalized spacial score (nSPS) is 17.8. The van der Waals surface area contributed by atoms with E-state index < -0.39 is 0 Å². The standard InChI is InChI=1S/C18H30N4O.HI/c1-15(16-8-6-5-7-9-16)21-17(19-4)20-14-18(2,3)22-10-12-23-13-11-22;/h5-9,15H,10-14H2,1-4H3,(H2,19,20,21);1H. The number of halogens is 1. The van der Waals surface area contributed by atoms with Crippen LogP contribution in [0.25, 0.3) is 0 Å². The van der Waals surface area contributed by atoms with E-state index in [-0.39, 0.29) is 35.6 Å². The Kier molecular flexibility index (Phi) is 9.01. The molecule has 5 nitrogen and oxygen atoms in total. The van der Waals surface area contributed by atoms with Crippen LogP contribution in [-0.2, 0) is 4.74 Å². The molecule has 1 saturated heterocycles. The number of nitrogens with zero attached hydrogens (tertiary/aromatic N) is 2. The van der Waals surface area contributed by atoms with Gasteiger partial charge >= 0.3 is 0 Å². The molecule has 1 fully saturated rings. The van der Waals surface area contributed by atoms with Crippen molar-refractivity contribution < 1.29 is 4.74 Å². The van der Waals surface area contributed by atoms with Crippen molar-refractivity contribution in [3.63, 3.8) is 0 Å². The van der Waals surface area contributed by atoms with Crippen molar-refractivity contribution in [3.8, 4) is 0 Å². The maximum absolute atomic E-state index is 5.45. The van der Waals surface area contributed by atoms with Crippen LogP contribution in [0.1, 0.15) is 32.4 Å². The summed E-state index contributed by atoms with van der Waals surface area (Å²) in [4.78, 5) is 6.82. The summed E-state index contributed by atoms with van der Waals surface area (Å²) >= 11 is 0. The first-order valence-electron chi connectivity index (χ1n) is 8.38. The van der Waals surface area contributed by atoms with Gasteiger partial charge in [0.15, 0.2) is 5.96 Å². The van der Waals surface area contributed by atoms with Crippen LogP contribution in [0.5, 0.6) is 0 Å². The molecule has 1 aromatic rings. The summed E-state index contributed by atoms with van der Waals surface area (Å²) in [6.07, 6.45) is 0. The predicted octanol–water partition coefficient (Wildman–Crippen LogP) is 2.64. The van der Waals surface area contributed by atoms with E-state index in [9.17, 15) is 0 Å². The first kappa shape index (κ1) is 21.2. The predicted molar refractivity (Wildman–Crippen MR) is 111 cm³/mol. The van der Waals surface area contributed by atoms with Crippen molar-refractivity contribution in [2.24, 2.45) is 4.99 Å². The SMILES string of the molecule is CN=C(NCC(C)(C)N1CCOCC1)NC(C)c1ccccc1.I. The quantitative estimate of drug-likeness (QED) is 0.415. The fourth-order valence-electron chi connectivity index (χ4n) is 2.81. The summed E-state index contributed by atoms with van der Waals surface area (Å²) in [6, 6.07) is 10.6. The number of hydrogen-bond donors (Lipinski definition) is 2. The van der Waals surface area contributed by atoms with Crippen molar-refractivity contribution in [1.29, 1.82) is 0 Å². The van der Waals surface area contributed by atoms with Gasteiger partial charge in [-0.15, -0.1) is 24.0 Å². The van der Waals surface area contributed by atoms with Crippen LogP contribution < -0.4 is 10.6 Å². The summed E-state index contributed by atoms with van der Waals surface area (Å²) in [7, 11) is 1.81. The van der Waals surface area contributed by atoms with E-state index in [0.717, 1.165) is 38.8 Å². The Morgan fingerprint density at radius 2 is 1.88 bits per heavy atom. The van der Waals surface area contributed by atoms with Crippen LogP contribution in [0.15, 0.2) is 35.3 Å². The molecule has 0 amide bonds. The Morgan fingerprint density at radius 1 is 1.25 bits per heavy atom. The largest absolute Gasteiger partial charge is 0.379 e. The van der Waals surface area contributed by atoms with Gasteiger partial charge in [-0.2, -0.15) is 0 Å². The number of benzene rings is 1. The molecule has 0 aliphatic carbocycles. The highest BCUT2D eigenvalue weighted by atomic mass is 127. The monoisotopic (exact) mass is 446 g/mol. The lowest BCUT2D eigenvalue weighted by atomic mass is 10.0. The first-order chi connectivity index (χ1) is 11.0. The first-order valence-corrected chi connectivity index (χ1v) is 8.38. The van der Waals surface area contributed by atoms with Crippen LogP contribution in [0.4, 0.5) is 0 Å². The Hall–Kier alpha value is -0.860. The van der Waals surface area contributed by atoms with Crippen molar-refractivity contribution in [2.45, 2.75) is 32.4 Å². The van der Waals surface area contributed by atoms with Crippen molar-refractivity contribution >= 4 is 29.9 Å². The Morgan fingerprint density at radius 3 is 2.46 bits per heavy atom. The third kappa shape index (κ3) is 6.22. The molecular formula is C18H31IN4O. The topological polar surface area (TPSA) is 48.9 Å². The molecule has 1 aromatic carbocycles. The number of hydrogen-bond acceptors (Lipinski definition) is 3. The summed E-state index contributed by atoms with van der Waals surface area (Å²) < 4.78 is 5.45. The molecule has 136 valence electrons. The van der Waals surface area contributed by atoms with Gasteiger partial charge in [0.25, 0.3) is 0 Å². The minimum absolute atomic E-state index is 0. The Labute approximate surface area is 163 Å². The lowest BCUT2D eigenvalue weighted by Gasteiger charge is -2.41. The van der Waals surface area contributed by atoms with Crippen LogP contribution in [0.3, 0.4) is 0 Å². The van der Waals surface area contributed by atoms with Gasteiger partial charge in [0.05, 0.1) is 19.3 Å². The molecule has 0 spiro atoms. The molecule has 0 aromatic heterocycles. The molecule has 0 bridgehead atoms. The molecule has 1 aliphatic rings. The van der Waals surface area contributed by atoms with Gasteiger partial charge in [0, 0.05) is 32.2 Å². The zero-order chi connectivity index (χ0) is 16.7. The van der Waals surface area contributed by atoms with Crippen LogP contribution in [-0.4, -0.2) is 56.3 Å². The minimum Gasteiger partial charge on any atom is -0.379 e. The van der Waals surface area contributed by atoms with Gasteiger partial charge in [-0.05, 0) is 26.3 Å². The van der Waals surface area contributed by atoms with Gasteiger partial charge in [0.2, 0.25) is 0 Å². The maximum atomic E-state index is 5.45. The third-order valence-corrected chi connectivity index (χ3v) is 4.43. The molecule has 1 aliphatic heterocycles. The molecule has 0 saturated carbocycles. The van der Waals surface area contributed by atoms with E-state index in [1.165, 1.54) is 5.56 Å². The molecule has 0 radical (unpaired) electrons. The van der Waals surface area contributed by atoms with E-state index in [1.807, 2.05) is 13.1 Å². The number of nitrogens with one attached hydrogen (secondary N) is 2. The second-order valence-electron chi connectivity index (χ2n) is 6.61. The third-order valence-electron chi connectivity index (χ3n) is 4.43. The molecule has 2 N–H and O–H groups in total.